The zero-order valence-corrected chi connectivity index (χ0v) is 16.9. The van der Waals surface area contributed by atoms with Crippen molar-refractivity contribution in [1.29, 1.82) is 5.26 Å². The van der Waals surface area contributed by atoms with Gasteiger partial charge in [0.05, 0.1) is 22.7 Å². The smallest absolute Gasteiger partial charge is 0.274 e. The summed E-state index contributed by atoms with van der Waals surface area (Å²) in [5.74, 6) is -1.49. The van der Waals surface area contributed by atoms with Gasteiger partial charge in [-0.2, -0.15) is 10.4 Å². The number of nitrogens with zero attached hydrogens (tertiary/aromatic N) is 4. The second-order valence-corrected chi connectivity index (χ2v) is 7.98. The van der Waals surface area contributed by atoms with Gasteiger partial charge in [-0.3, -0.25) is 14.2 Å². The summed E-state index contributed by atoms with van der Waals surface area (Å²) in [6.45, 7) is 1.68. The lowest BCUT2D eigenvalue weighted by Gasteiger charge is -2.17. The number of hydrogen-bond acceptors (Lipinski definition) is 4. The first-order chi connectivity index (χ1) is 14.7. The minimum atomic E-state index is -2.93. The molecular formula is C22H19F3N4O2. The lowest BCUT2D eigenvalue weighted by molar-refractivity contribution is 0.146. The Morgan fingerprint density at radius 1 is 1.23 bits per heavy atom. The monoisotopic (exact) mass is 428 g/mol. The van der Waals surface area contributed by atoms with E-state index in [4.69, 9.17) is 0 Å². The molecule has 3 aromatic rings. The van der Waals surface area contributed by atoms with Gasteiger partial charge in [0.1, 0.15) is 11.4 Å². The Balaban J connectivity index is 1.85. The maximum atomic E-state index is 14.6. The molecule has 1 aliphatic carbocycles. The second-order valence-electron chi connectivity index (χ2n) is 7.98. The van der Waals surface area contributed by atoms with Crippen LogP contribution in [0.25, 0.3) is 10.8 Å². The minimum absolute atomic E-state index is 0.116. The van der Waals surface area contributed by atoms with Gasteiger partial charge in [-0.25, -0.2) is 17.9 Å². The highest BCUT2D eigenvalue weighted by molar-refractivity contribution is 5.82. The third-order valence-electron chi connectivity index (χ3n) is 5.88. The normalized spacial score (nSPS) is 15.8. The van der Waals surface area contributed by atoms with E-state index in [0.717, 1.165) is 10.7 Å². The van der Waals surface area contributed by atoms with E-state index in [0.29, 0.717) is 23.9 Å². The summed E-state index contributed by atoms with van der Waals surface area (Å²) < 4.78 is 43.2. The molecule has 2 heterocycles. The summed E-state index contributed by atoms with van der Waals surface area (Å²) in [4.78, 5) is 25.1. The summed E-state index contributed by atoms with van der Waals surface area (Å²) in [7, 11) is 1.44. The molecule has 31 heavy (non-hydrogen) atoms. The summed E-state index contributed by atoms with van der Waals surface area (Å²) in [5, 5.41) is 14.3. The second kappa shape index (κ2) is 7.38. The minimum Gasteiger partial charge on any atom is -0.296 e. The Morgan fingerprint density at radius 2 is 1.90 bits per heavy atom. The Labute approximate surface area is 175 Å². The van der Waals surface area contributed by atoms with Crippen molar-refractivity contribution < 1.29 is 13.2 Å². The van der Waals surface area contributed by atoms with Crippen molar-refractivity contribution in [3.63, 3.8) is 0 Å². The lowest BCUT2D eigenvalue weighted by Crippen LogP contribution is -2.31. The molecule has 160 valence electrons. The molecule has 6 nitrogen and oxygen atoms in total. The summed E-state index contributed by atoms with van der Waals surface area (Å²) in [6, 6.07) is 7.22. The van der Waals surface area contributed by atoms with E-state index < -0.39 is 40.4 Å². The molecule has 2 aromatic heterocycles. The van der Waals surface area contributed by atoms with Crippen LogP contribution in [0.3, 0.4) is 0 Å². The molecule has 1 fully saturated rings. The predicted octanol–water partition coefficient (Wildman–Crippen LogP) is 3.53. The van der Waals surface area contributed by atoms with E-state index in [-0.39, 0.29) is 17.4 Å². The molecule has 1 saturated carbocycles. The molecule has 0 radical (unpaired) electrons. The Kier molecular flexibility index (Phi) is 4.96. The van der Waals surface area contributed by atoms with Crippen molar-refractivity contribution in [3.05, 3.63) is 73.8 Å². The van der Waals surface area contributed by atoms with E-state index in [1.165, 1.54) is 36.0 Å². The standard InChI is InChI=1S/C22H19F3N4O2/c1-12(13-4-3-5-14(19(13)23)20(24)25)8-17-16-10-29(22(11-26)6-7-22)18(30)9-15(16)21(31)28(2)27-17/h3-5,9-10,12,20H,6-8H2,1-2H3/t12-/m0/s1. The fourth-order valence-corrected chi connectivity index (χ4v) is 3.92. The van der Waals surface area contributed by atoms with Crippen molar-refractivity contribution >= 4 is 10.8 Å². The Morgan fingerprint density at radius 3 is 2.52 bits per heavy atom. The highest BCUT2D eigenvalue weighted by Crippen LogP contribution is 2.42. The third-order valence-corrected chi connectivity index (χ3v) is 5.88. The molecule has 1 atom stereocenters. The first-order valence-corrected chi connectivity index (χ1v) is 9.79. The van der Waals surface area contributed by atoms with Crippen molar-refractivity contribution in [2.75, 3.05) is 0 Å². The number of hydrogen-bond donors (Lipinski definition) is 0. The predicted molar refractivity (Wildman–Crippen MR) is 108 cm³/mol. The van der Waals surface area contributed by atoms with E-state index in [9.17, 15) is 28.0 Å². The largest absolute Gasteiger partial charge is 0.296 e. The fourth-order valence-electron chi connectivity index (χ4n) is 3.92. The molecule has 0 N–H and O–H groups in total. The molecular weight excluding hydrogens is 409 g/mol. The highest BCUT2D eigenvalue weighted by atomic mass is 19.3. The number of aromatic nitrogens is 3. The van der Waals surface area contributed by atoms with Crippen LogP contribution >= 0.6 is 0 Å². The molecule has 1 aliphatic rings. The van der Waals surface area contributed by atoms with Crippen LogP contribution in [0.15, 0.2) is 40.1 Å². The molecule has 0 saturated heterocycles. The molecule has 0 aliphatic heterocycles. The van der Waals surface area contributed by atoms with Crippen LogP contribution in [0.1, 0.15) is 48.9 Å². The average Bonchev–Trinajstić information content (AvgIpc) is 3.52. The van der Waals surface area contributed by atoms with Crippen LogP contribution in [0.2, 0.25) is 0 Å². The number of rotatable bonds is 5. The van der Waals surface area contributed by atoms with Gasteiger partial charge >= 0.3 is 0 Å². The van der Waals surface area contributed by atoms with Gasteiger partial charge in [0.25, 0.3) is 17.5 Å². The van der Waals surface area contributed by atoms with Gasteiger partial charge in [-0.05, 0) is 30.7 Å². The number of nitriles is 1. The third kappa shape index (κ3) is 3.42. The average molecular weight is 428 g/mol. The molecule has 0 bridgehead atoms. The van der Waals surface area contributed by atoms with Crippen molar-refractivity contribution in [1.82, 2.24) is 14.3 Å². The molecule has 1 aromatic carbocycles. The number of halogens is 3. The first kappa shape index (κ1) is 20.8. The van der Waals surface area contributed by atoms with Crippen LogP contribution in [0, 0.1) is 17.1 Å². The Bertz CT molecular complexity index is 1350. The summed E-state index contributed by atoms with van der Waals surface area (Å²) >= 11 is 0. The number of pyridine rings is 1. The Hall–Kier alpha value is -3.41. The van der Waals surface area contributed by atoms with Gasteiger partial charge in [-0.1, -0.05) is 25.1 Å². The van der Waals surface area contributed by atoms with E-state index in [1.807, 2.05) is 0 Å². The van der Waals surface area contributed by atoms with Crippen LogP contribution in [-0.4, -0.2) is 14.3 Å². The SMILES string of the molecule is C[C@@H](Cc1nn(C)c(=O)c2cc(=O)n(C3(C#N)CC3)cc12)c1cccc(C(F)F)c1F. The number of benzene rings is 1. The van der Waals surface area contributed by atoms with Crippen molar-refractivity contribution in [2.45, 2.75) is 44.1 Å². The van der Waals surface area contributed by atoms with Gasteiger partial charge in [0, 0.05) is 24.7 Å². The molecule has 0 spiro atoms. The summed E-state index contributed by atoms with van der Waals surface area (Å²) in [5.41, 5.74) is -1.99. The van der Waals surface area contributed by atoms with E-state index in [2.05, 4.69) is 11.2 Å². The molecule has 0 unspecified atom stereocenters. The van der Waals surface area contributed by atoms with Gasteiger partial charge in [0.2, 0.25) is 0 Å². The number of aryl methyl sites for hydroxylation is 1. The van der Waals surface area contributed by atoms with Gasteiger partial charge in [-0.15, -0.1) is 0 Å². The zero-order chi connectivity index (χ0) is 22.5. The molecule has 4 rings (SSSR count). The van der Waals surface area contributed by atoms with Crippen molar-refractivity contribution in [2.24, 2.45) is 7.05 Å². The lowest BCUT2D eigenvalue weighted by atomic mass is 9.93. The number of fused-ring (bicyclic) bond motifs is 1. The van der Waals surface area contributed by atoms with Crippen LogP contribution in [0.5, 0.6) is 0 Å². The topological polar surface area (TPSA) is 80.7 Å². The van der Waals surface area contributed by atoms with Gasteiger partial charge < -0.3 is 0 Å². The maximum absolute atomic E-state index is 14.6. The van der Waals surface area contributed by atoms with E-state index in [1.54, 1.807) is 6.92 Å². The van der Waals surface area contributed by atoms with Crippen molar-refractivity contribution in [3.8, 4) is 6.07 Å². The maximum Gasteiger partial charge on any atom is 0.274 e. The number of alkyl halides is 2. The molecule has 0 amide bonds. The zero-order valence-electron chi connectivity index (χ0n) is 16.9. The summed E-state index contributed by atoms with van der Waals surface area (Å²) in [6.07, 6.45) is -0.254. The van der Waals surface area contributed by atoms with Crippen LogP contribution in [-0.2, 0) is 19.0 Å². The van der Waals surface area contributed by atoms with E-state index >= 15 is 0 Å². The highest BCUT2D eigenvalue weighted by Gasteiger charge is 2.46. The first-order valence-electron chi connectivity index (χ1n) is 9.79. The molecule has 9 heteroatoms. The quantitative estimate of drug-likeness (QED) is 0.623. The fraction of sp³-hybridized carbons (Fsp3) is 0.364. The van der Waals surface area contributed by atoms with Crippen LogP contribution in [0.4, 0.5) is 13.2 Å². The van der Waals surface area contributed by atoms with Gasteiger partial charge in [0.15, 0.2) is 0 Å². The van der Waals surface area contributed by atoms with Crippen LogP contribution < -0.4 is 11.1 Å².